The molecule has 16 heavy (non-hydrogen) atoms. The number of hydrogen-bond acceptors (Lipinski definition) is 3. The molecule has 3 saturated heterocycles. The molecule has 1 unspecified atom stereocenters. The largest absolute Gasteiger partial charge is 0.381 e. The molecule has 0 aromatic heterocycles. The standard InChI is InChI=1S/C13H24N2O/c1-3-13-11-15(8-2-7-14(13)6-1)12-4-9-16-10-5-12/h12-13H,1-11H2. The van der Waals surface area contributed by atoms with Gasteiger partial charge in [-0.3, -0.25) is 9.80 Å². The van der Waals surface area contributed by atoms with Crippen molar-refractivity contribution in [3.05, 3.63) is 0 Å². The van der Waals surface area contributed by atoms with Gasteiger partial charge in [0.2, 0.25) is 0 Å². The molecule has 3 aliphatic heterocycles. The number of ether oxygens (including phenoxy) is 1. The first-order valence-electron chi connectivity index (χ1n) is 6.99. The lowest BCUT2D eigenvalue weighted by atomic mass is 10.1. The zero-order chi connectivity index (χ0) is 10.8. The maximum Gasteiger partial charge on any atom is 0.0480 e. The summed E-state index contributed by atoms with van der Waals surface area (Å²) >= 11 is 0. The number of nitrogens with zero attached hydrogens (tertiary/aromatic N) is 2. The Kier molecular flexibility index (Phi) is 3.46. The van der Waals surface area contributed by atoms with Gasteiger partial charge in [-0.05, 0) is 51.7 Å². The van der Waals surface area contributed by atoms with Crippen molar-refractivity contribution in [3.63, 3.8) is 0 Å². The Labute approximate surface area is 98.7 Å². The molecule has 0 aliphatic carbocycles. The first-order chi connectivity index (χ1) is 7.93. The van der Waals surface area contributed by atoms with Gasteiger partial charge in [0.25, 0.3) is 0 Å². The molecular formula is C13H24N2O. The summed E-state index contributed by atoms with van der Waals surface area (Å²) in [7, 11) is 0. The Morgan fingerprint density at radius 1 is 0.750 bits per heavy atom. The monoisotopic (exact) mass is 224 g/mol. The van der Waals surface area contributed by atoms with Gasteiger partial charge in [-0.1, -0.05) is 0 Å². The maximum atomic E-state index is 5.47. The molecular weight excluding hydrogens is 200 g/mol. The van der Waals surface area contributed by atoms with Crippen molar-refractivity contribution >= 4 is 0 Å². The zero-order valence-corrected chi connectivity index (χ0v) is 10.2. The summed E-state index contributed by atoms with van der Waals surface area (Å²) in [5.74, 6) is 0. The third-order valence-corrected chi connectivity index (χ3v) is 4.54. The predicted molar refractivity (Wildman–Crippen MR) is 64.6 cm³/mol. The van der Waals surface area contributed by atoms with E-state index in [0.29, 0.717) is 0 Å². The van der Waals surface area contributed by atoms with E-state index in [2.05, 4.69) is 9.80 Å². The van der Waals surface area contributed by atoms with Gasteiger partial charge in [0, 0.05) is 31.8 Å². The van der Waals surface area contributed by atoms with Gasteiger partial charge in [-0.2, -0.15) is 0 Å². The molecule has 1 atom stereocenters. The average Bonchev–Trinajstić information content (AvgIpc) is 2.68. The van der Waals surface area contributed by atoms with E-state index in [9.17, 15) is 0 Å². The van der Waals surface area contributed by atoms with Crippen molar-refractivity contribution in [2.24, 2.45) is 0 Å². The fourth-order valence-corrected chi connectivity index (χ4v) is 3.62. The molecule has 0 N–H and O–H groups in total. The first-order valence-corrected chi connectivity index (χ1v) is 6.99. The van der Waals surface area contributed by atoms with E-state index in [1.165, 1.54) is 58.3 Å². The summed E-state index contributed by atoms with van der Waals surface area (Å²) in [4.78, 5) is 5.48. The van der Waals surface area contributed by atoms with Gasteiger partial charge < -0.3 is 4.74 Å². The van der Waals surface area contributed by atoms with Crippen molar-refractivity contribution in [3.8, 4) is 0 Å². The SMILES string of the molecule is C1CC2CN(C3CCOCC3)CCCN2C1. The van der Waals surface area contributed by atoms with Gasteiger partial charge in [-0.25, -0.2) is 0 Å². The van der Waals surface area contributed by atoms with E-state index in [-0.39, 0.29) is 0 Å². The van der Waals surface area contributed by atoms with Crippen LogP contribution < -0.4 is 0 Å². The second kappa shape index (κ2) is 5.03. The Balaban J connectivity index is 1.61. The van der Waals surface area contributed by atoms with Crippen LogP contribution in [0.2, 0.25) is 0 Å². The smallest absolute Gasteiger partial charge is 0.0480 e. The Morgan fingerprint density at radius 3 is 2.38 bits per heavy atom. The van der Waals surface area contributed by atoms with Crippen LogP contribution in [-0.4, -0.2) is 61.3 Å². The molecule has 3 heterocycles. The van der Waals surface area contributed by atoms with Crippen LogP contribution in [0.25, 0.3) is 0 Å². The Morgan fingerprint density at radius 2 is 1.50 bits per heavy atom. The second-order valence-electron chi connectivity index (χ2n) is 5.52. The van der Waals surface area contributed by atoms with Crippen LogP contribution in [0.4, 0.5) is 0 Å². The van der Waals surface area contributed by atoms with Crippen LogP contribution in [-0.2, 0) is 4.74 Å². The van der Waals surface area contributed by atoms with E-state index < -0.39 is 0 Å². The second-order valence-corrected chi connectivity index (χ2v) is 5.52. The molecule has 3 nitrogen and oxygen atoms in total. The summed E-state index contributed by atoms with van der Waals surface area (Å²) in [6.07, 6.45) is 6.74. The van der Waals surface area contributed by atoms with Crippen molar-refractivity contribution in [2.75, 3.05) is 39.4 Å². The van der Waals surface area contributed by atoms with Gasteiger partial charge >= 0.3 is 0 Å². The fraction of sp³-hybridized carbons (Fsp3) is 1.00. The van der Waals surface area contributed by atoms with Gasteiger partial charge in [0.05, 0.1) is 0 Å². The van der Waals surface area contributed by atoms with E-state index >= 15 is 0 Å². The van der Waals surface area contributed by atoms with Crippen LogP contribution >= 0.6 is 0 Å². The topological polar surface area (TPSA) is 15.7 Å². The molecule has 3 aliphatic rings. The van der Waals surface area contributed by atoms with E-state index in [1.54, 1.807) is 0 Å². The highest BCUT2D eigenvalue weighted by molar-refractivity contribution is 4.87. The van der Waals surface area contributed by atoms with Gasteiger partial charge in [0.15, 0.2) is 0 Å². The lowest BCUT2D eigenvalue weighted by Crippen LogP contribution is -2.44. The molecule has 0 amide bonds. The minimum absolute atomic E-state index is 0.814. The number of hydrogen-bond donors (Lipinski definition) is 0. The molecule has 3 fully saturated rings. The predicted octanol–water partition coefficient (Wildman–Crippen LogP) is 1.34. The summed E-state index contributed by atoms with van der Waals surface area (Å²) in [6, 6.07) is 1.68. The summed E-state index contributed by atoms with van der Waals surface area (Å²) in [5.41, 5.74) is 0. The van der Waals surface area contributed by atoms with Crippen molar-refractivity contribution in [1.29, 1.82) is 0 Å². The van der Waals surface area contributed by atoms with E-state index in [1.807, 2.05) is 0 Å². The molecule has 0 saturated carbocycles. The third kappa shape index (κ3) is 2.27. The van der Waals surface area contributed by atoms with Crippen molar-refractivity contribution in [1.82, 2.24) is 9.80 Å². The Bertz CT molecular complexity index is 228. The highest BCUT2D eigenvalue weighted by atomic mass is 16.5. The van der Waals surface area contributed by atoms with Crippen molar-refractivity contribution in [2.45, 2.75) is 44.2 Å². The summed E-state index contributed by atoms with van der Waals surface area (Å²) < 4.78 is 5.47. The average molecular weight is 224 g/mol. The number of rotatable bonds is 1. The number of fused-ring (bicyclic) bond motifs is 1. The minimum atomic E-state index is 0.814. The fourth-order valence-electron chi connectivity index (χ4n) is 3.62. The lowest BCUT2D eigenvalue weighted by molar-refractivity contribution is 0.0318. The van der Waals surface area contributed by atoms with Crippen LogP contribution in [0.1, 0.15) is 32.1 Å². The van der Waals surface area contributed by atoms with Crippen LogP contribution in [0.5, 0.6) is 0 Å². The third-order valence-electron chi connectivity index (χ3n) is 4.54. The van der Waals surface area contributed by atoms with E-state index in [4.69, 9.17) is 4.74 Å². The molecule has 0 aromatic carbocycles. The lowest BCUT2D eigenvalue weighted by Gasteiger charge is -2.35. The summed E-state index contributed by atoms with van der Waals surface area (Å²) in [6.45, 7) is 7.30. The van der Waals surface area contributed by atoms with Crippen LogP contribution in [0, 0.1) is 0 Å². The molecule has 0 radical (unpaired) electrons. The van der Waals surface area contributed by atoms with Gasteiger partial charge in [-0.15, -0.1) is 0 Å². The first kappa shape index (κ1) is 11.0. The van der Waals surface area contributed by atoms with Gasteiger partial charge in [0.1, 0.15) is 0 Å². The molecule has 0 aromatic rings. The molecule has 0 bridgehead atoms. The maximum absolute atomic E-state index is 5.47. The normalized spacial score (nSPS) is 34.9. The quantitative estimate of drug-likeness (QED) is 0.668. The zero-order valence-electron chi connectivity index (χ0n) is 10.2. The molecule has 0 spiro atoms. The highest BCUT2D eigenvalue weighted by Crippen LogP contribution is 2.24. The summed E-state index contributed by atoms with van der Waals surface area (Å²) in [5, 5.41) is 0. The van der Waals surface area contributed by atoms with Crippen molar-refractivity contribution < 1.29 is 4.74 Å². The van der Waals surface area contributed by atoms with Crippen LogP contribution in [0.3, 0.4) is 0 Å². The van der Waals surface area contributed by atoms with Crippen LogP contribution in [0.15, 0.2) is 0 Å². The molecule has 92 valence electrons. The van der Waals surface area contributed by atoms with E-state index in [0.717, 1.165) is 25.3 Å². The Hall–Kier alpha value is -0.120. The minimum Gasteiger partial charge on any atom is -0.381 e. The highest BCUT2D eigenvalue weighted by Gasteiger charge is 2.31. The molecule has 3 heteroatoms. The molecule has 3 rings (SSSR count).